The maximum Gasteiger partial charge on any atom is 0.289 e. The third-order valence-corrected chi connectivity index (χ3v) is 4.91. The van der Waals surface area contributed by atoms with Crippen LogP contribution in [0.15, 0.2) is 59.3 Å². The Kier molecular flexibility index (Phi) is 4.81. The van der Waals surface area contributed by atoms with Crippen LogP contribution >= 0.6 is 11.6 Å². The summed E-state index contributed by atoms with van der Waals surface area (Å²) in [5.74, 6) is 0.684. The lowest BCUT2D eigenvalue weighted by Crippen LogP contribution is -2.49. The highest BCUT2D eigenvalue weighted by Gasteiger charge is 2.24. The van der Waals surface area contributed by atoms with Gasteiger partial charge in [0.2, 0.25) is 0 Å². The number of anilines is 1. The van der Waals surface area contributed by atoms with Gasteiger partial charge in [-0.3, -0.25) is 4.79 Å². The fourth-order valence-electron chi connectivity index (χ4n) is 3.11. The number of carbonyl (C=O) groups is 1. The number of pyridine rings is 1. The number of furan rings is 1. The Labute approximate surface area is 161 Å². The molecule has 0 atom stereocenters. The highest BCUT2D eigenvalue weighted by atomic mass is 35.5. The number of hydrogen-bond donors (Lipinski definition) is 0. The summed E-state index contributed by atoms with van der Waals surface area (Å²) in [5, 5.41) is 0.0916. The molecule has 0 N–H and O–H groups in total. The zero-order valence-electron chi connectivity index (χ0n) is 14.4. The van der Waals surface area contributed by atoms with Gasteiger partial charge >= 0.3 is 0 Å². The second-order valence-electron chi connectivity index (χ2n) is 6.29. The molecule has 5 nitrogen and oxygen atoms in total. The van der Waals surface area contributed by atoms with Crippen molar-refractivity contribution in [2.24, 2.45) is 0 Å². The normalized spacial score (nSPS) is 14.4. The predicted octanol–water partition coefficient (Wildman–Crippen LogP) is 4.10. The molecule has 0 bridgehead atoms. The number of benzene rings is 1. The highest BCUT2D eigenvalue weighted by molar-refractivity contribution is 6.31. The van der Waals surface area contributed by atoms with E-state index in [1.54, 1.807) is 35.4 Å². The lowest BCUT2D eigenvalue weighted by atomic mass is 10.1. The molecule has 1 fully saturated rings. The van der Waals surface area contributed by atoms with Crippen molar-refractivity contribution in [2.75, 3.05) is 31.1 Å². The summed E-state index contributed by atoms with van der Waals surface area (Å²) < 4.78 is 18.5. The third kappa shape index (κ3) is 3.66. The molecule has 0 aliphatic carbocycles. The summed E-state index contributed by atoms with van der Waals surface area (Å²) >= 11 is 5.85. The van der Waals surface area contributed by atoms with E-state index in [1.807, 2.05) is 12.1 Å². The Bertz CT molecular complexity index is 936. The second kappa shape index (κ2) is 7.40. The molecular weight excluding hydrogens is 369 g/mol. The molecule has 0 spiro atoms. The van der Waals surface area contributed by atoms with E-state index in [0.29, 0.717) is 31.9 Å². The molecule has 0 saturated carbocycles. The molecule has 2 aromatic heterocycles. The molecule has 7 heteroatoms. The minimum absolute atomic E-state index is 0.0869. The summed E-state index contributed by atoms with van der Waals surface area (Å²) in [6.45, 7) is 2.61. The van der Waals surface area contributed by atoms with Crippen molar-refractivity contribution in [3.05, 3.63) is 71.5 Å². The van der Waals surface area contributed by atoms with Crippen LogP contribution in [0.3, 0.4) is 0 Å². The topological polar surface area (TPSA) is 49.6 Å². The van der Waals surface area contributed by atoms with Crippen molar-refractivity contribution in [1.82, 2.24) is 9.88 Å². The van der Waals surface area contributed by atoms with E-state index in [4.69, 9.17) is 16.0 Å². The molecule has 3 aromatic rings. The molecule has 0 unspecified atom stereocenters. The second-order valence-corrected chi connectivity index (χ2v) is 6.70. The smallest absolute Gasteiger partial charge is 0.289 e. The van der Waals surface area contributed by atoms with Crippen LogP contribution in [0.25, 0.3) is 11.1 Å². The molecule has 0 radical (unpaired) electrons. The van der Waals surface area contributed by atoms with Crippen molar-refractivity contribution in [2.45, 2.75) is 0 Å². The summed E-state index contributed by atoms with van der Waals surface area (Å²) in [6, 6.07) is 11.9. The molecule has 1 amide bonds. The van der Waals surface area contributed by atoms with Crippen molar-refractivity contribution >= 4 is 23.3 Å². The van der Waals surface area contributed by atoms with Crippen LogP contribution in [-0.2, 0) is 0 Å². The van der Waals surface area contributed by atoms with Crippen LogP contribution in [0.5, 0.6) is 0 Å². The number of piperazine rings is 1. The highest BCUT2D eigenvalue weighted by Crippen LogP contribution is 2.26. The molecule has 138 valence electrons. The minimum atomic E-state index is -0.438. The van der Waals surface area contributed by atoms with E-state index in [2.05, 4.69) is 9.88 Å². The van der Waals surface area contributed by atoms with Crippen molar-refractivity contribution in [1.29, 1.82) is 0 Å². The number of rotatable bonds is 3. The Morgan fingerprint density at radius 1 is 1.07 bits per heavy atom. The fraction of sp³-hybridized carbons (Fsp3) is 0.200. The molecule has 1 aliphatic rings. The van der Waals surface area contributed by atoms with Gasteiger partial charge in [0.25, 0.3) is 5.91 Å². The fourth-order valence-corrected chi connectivity index (χ4v) is 3.29. The van der Waals surface area contributed by atoms with Gasteiger partial charge in [0.1, 0.15) is 11.6 Å². The van der Waals surface area contributed by atoms with Crippen LogP contribution in [0.4, 0.5) is 10.2 Å². The zero-order chi connectivity index (χ0) is 18.8. The summed E-state index contributed by atoms with van der Waals surface area (Å²) in [4.78, 5) is 20.7. The average Bonchev–Trinajstić information content (AvgIpc) is 3.25. The molecule has 1 saturated heterocycles. The van der Waals surface area contributed by atoms with Crippen molar-refractivity contribution in [3.63, 3.8) is 0 Å². The van der Waals surface area contributed by atoms with Gasteiger partial charge in [0.15, 0.2) is 5.76 Å². The number of carbonyl (C=O) groups excluding carboxylic acids is 1. The molecule has 1 aromatic carbocycles. The Balaban J connectivity index is 1.41. The third-order valence-electron chi connectivity index (χ3n) is 4.62. The van der Waals surface area contributed by atoms with Crippen molar-refractivity contribution < 1.29 is 13.6 Å². The average molecular weight is 386 g/mol. The van der Waals surface area contributed by atoms with Gasteiger partial charge in [-0.25, -0.2) is 9.37 Å². The summed E-state index contributed by atoms with van der Waals surface area (Å²) in [5.41, 5.74) is 1.68. The largest absolute Gasteiger partial charge is 0.459 e. The first-order chi connectivity index (χ1) is 13.1. The van der Waals surface area contributed by atoms with Gasteiger partial charge in [-0.05, 0) is 42.0 Å². The monoisotopic (exact) mass is 385 g/mol. The van der Waals surface area contributed by atoms with Gasteiger partial charge in [0, 0.05) is 37.9 Å². The first kappa shape index (κ1) is 17.5. The van der Waals surface area contributed by atoms with E-state index in [0.717, 1.165) is 16.9 Å². The van der Waals surface area contributed by atoms with Crippen LogP contribution in [0, 0.1) is 5.82 Å². The Morgan fingerprint density at radius 3 is 2.48 bits per heavy atom. The number of halogens is 2. The predicted molar refractivity (Wildman–Crippen MR) is 101 cm³/mol. The standard InChI is InChI=1S/C20H17ClFN3O2/c21-16-12-14(3-5-17(16)22)15-4-6-19(23-13-15)24-7-9-25(10-8-24)20(26)18-2-1-11-27-18/h1-6,11-13H,7-10H2. The molecule has 3 heterocycles. The first-order valence-corrected chi connectivity index (χ1v) is 8.99. The van der Waals surface area contributed by atoms with E-state index in [-0.39, 0.29) is 10.9 Å². The van der Waals surface area contributed by atoms with E-state index >= 15 is 0 Å². The van der Waals surface area contributed by atoms with Crippen LogP contribution in [0.1, 0.15) is 10.6 Å². The molecule has 1 aliphatic heterocycles. The molecule has 27 heavy (non-hydrogen) atoms. The minimum Gasteiger partial charge on any atom is -0.459 e. The van der Waals surface area contributed by atoms with E-state index in [9.17, 15) is 9.18 Å². The maximum atomic E-state index is 13.3. The molecule has 4 rings (SSSR count). The van der Waals surface area contributed by atoms with Gasteiger partial charge in [-0.1, -0.05) is 17.7 Å². The SMILES string of the molecule is O=C(c1ccco1)N1CCN(c2ccc(-c3ccc(F)c(Cl)c3)cn2)CC1. The quantitative estimate of drug-likeness (QED) is 0.681. The Hall–Kier alpha value is -2.86. The number of hydrogen-bond acceptors (Lipinski definition) is 4. The summed E-state index contributed by atoms with van der Waals surface area (Å²) in [7, 11) is 0. The van der Waals surface area contributed by atoms with Gasteiger partial charge in [0.05, 0.1) is 11.3 Å². The van der Waals surface area contributed by atoms with E-state index < -0.39 is 5.82 Å². The number of aromatic nitrogens is 1. The van der Waals surface area contributed by atoms with Crippen LogP contribution < -0.4 is 4.90 Å². The van der Waals surface area contributed by atoms with Gasteiger partial charge in [-0.2, -0.15) is 0 Å². The van der Waals surface area contributed by atoms with Gasteiger partial charge in [-0.15, -0.1) is 0 Å². The van der Waals surface area contributed by atoms with Crippen LogP contribution in [-0.4, -0.2) is 42.0 Å². The Morgan fingerprint density at radius 2 is 1.85 bits per heavy atom. The maximum absolute atomic E-state index is 13.3. The molecular formula is C20H17ClFN3O2. The number of nitrogens with zero attached hydrogens (tertiary/aromatic N) is 3. The van der Waals surface area contributed by atoms with Gasteiger partial charge < -0.3 is 14.2 Å². The lowest BCUT2D eigenvalue weighted by Gasteiger charge is -2.35. The lowest BCUT2D eigenvalue weighted by molar-refractivity contribution is 0.0714. The first-order valence-electron chi connectivity index (χ1n) is 8.61. The van der Waals surface area contributed by atoms with Crippen molar-refractivity contribution in [3.8, 4) is 11.1 Å². The zero-order valence-corrected chi connectivity index (χ0v) is 15.2. The number of amides is 1. The van der Waals surface area contributed by atoms with Crippen LogP contribution in [0.2, 0.25) is 5.02 Å². The van der Waals surface area contributed by atoms with E-state index in [1.165, 1.54) is 12.3 Å². The summed E-state index contributed by atoms with van der Waals surface area (Å²) in [6.07, 6.45) is 3.25.